The molecule has 3 heterocycles. The summed E-state index contributed by atoms with van der Waals surface area (Å²) in [5.74, 6) is -0.909. The average Bonchev–Trinajstić information content (AvgIpc) is 3.76. The zero-order chi connectivity index (χ0) is 31.0. The Hall–Kier alpha value is -4.87. The van der Waals surface area contributed by atoms with E-state index in [9.17, 15) is 14.4 Å². The van der Waals surface area contributed by atoms with Crippen LogP contribution in [-0.2, 0) is 20.7 Å². The lowest BCUT2D eigenvalue weighted by molar-refractivity contribution is -0.139. The number of hydrogen-bond donors (Lipinski definition) is 2. The molecule has 0 spiro atoms. The highest BCUT2D eigenvalue weighted by atomic mass is 16.5. The Morgan fingerprint density at radius 2 is 1.73 bits per heavy atom. The molecule has 0 radical (unpaired) electrons. The molecule has 45 heavy (non-hydrogen) atoms. The molecule has 1 saturated heterocycles. The molecule has 2 aromatic carbocycles. The minimum Gasteiger partial charge on any atom is -0.492 e. The van der Waals surface area contributed by atoms with E-state index in [4.69, 9.17) is 9.47 Å². The Balaban J connectivity index is 1.15. The fourth-order valence-electron chi connectivity index (χ4n) is 5.12. The molecule has 232 valence electrons. The van der Waals surface area contributed by atoms with E-state index in [-0.39, 0.29) is 18.0 Å². The van der Waals surface area contributed by atoms with Crippen molar-refractivity contribution in [3.05, 3.63) is 96.3 Å². The maximum absolute atomic E-state index is 13.7. The lowest BCUT2D eigenvalue weighted by Gasteiger charge is -2.26. The number of amides is 2. The maximum Gasteiger partial charge on any atom is 0.289 e. The minimum absolute atomic E-state index is 0.00949. The highest BCUT2D eigenvalue weighted by molar-refractivity contribution is 6.38. The summed E-state index contributed by atoms with van der Waals surface area (Å²) in [6, 6.07) is 21.1. The van der Waals surface area contributed by atoms with Gasteiger partial charge in [0.15, 0.2) is 5.82 Å². The number of carbonyl (C=O) groups excluding carboxylic acids is 3. The van der Waals surface area contributed by atoms with Crippen molar-refractivity contribution in [2.24, 2.45) is 0 Å². The summed E-state index contributed by atoms with van der Waals surface area (Å²) >= 11 is 0. The Bertz CT molecular complexity index is 1610. The number of pyridine rings is 1. The number of aromatic nitrogens is 3. The third kappa shape index (κ3) is 8.00. The smallest absolute Gasteiger partial charge is 0.289 e. The van der Waals surface area contributed by atoms with Gasteiger partial charge in [-0.3, -0.25) is 19.3 Å². The summed E-state index contributed by atoms with van der Waals surface area (Å²) in [6.45, 7) is 4.64. The first-order valence-corrected chi connectivity index (χ1v) is 15.3. The van der Waals surface area contributed by atoms with Gasteiger partial charge in [0.1, 0.15) is 18.4 Å². The van der Waals surface area contributed by atoms with Gasteiger partial charge in [-0.25, -0.2) is 9.67 Å². The van der Waals surface area contributed by atoms with E-state index in [1.807, 2.05) is 60.7 Å². The third-order valence-corrected chi connectivity index (χ3v) is 7.81. The normalized spacial score (nSPS) is 15.6. The second-order valence-corrected chi connectivity index (χ2v) is 11.2. The average molecular weight is 609 g/mol. The number of Topliss-reactive ketones (excluding diaryl/α,β-unsaturated/α-hetero) is 1. The van der Waals surface area contributed by atoms with Gasteiger partial charge < -0.3 is 20.1 Å². The molecule has 2 amide bonds. The maximum atomic E-state index is 13.7. The summed E-state index contributed by atoms with van der Waals surface area (Å²) < 4.78 is 12.8. The molecule has 1 aliphatic carbocycles. The van der Waals surface area contributed by atoms with E-state index < -0.39 is 23.6 Å². The van der Waals surface area contributed by atoms with Gasteiger partial charge in [-0.05, 0) is 48.7 Å². The van der Waals surface area contributed by atoms with Crippen LogP contribution in [0.1, 0.15) is 28.8 Å². The van der Waals surface area contributed by atoms with E-state index in [2.05, 4.69) is 25.6 Å². The predicted octanol–water partition coefficient (Wildman–Crippen LogP) is 2.83. The van der Waals surface area contributed by atoms with Crippen molar-refractivity contribution in [1.29, 1.82) is 0 Å². The zero-order valence-corrected chi connectivity index (χ0v) is 24.9. The van der Waals surface area contributed by atoms with Crippen LogP contribution in [0.4, 0.5) is 0 Å². The molecule has 2 aliphatic rings. The van der Waals surface area contributed by atoms with Gasteiger partial charge in [-0.2, -0.15) is 5.10 Å². The number of benzene rings is 2. The van der Waals surface area contributed by atoms with Crippen LogP contribution in [0.3, 0.4) is 0 Å². The van der Waals surface area contributed by atoms with Crippen molar-refractivity contribution in [1.82, 2.24) is 30.3 Å². The second kappa shape index (κ2) is 14.3. The van der Waals surface area contributed by atoms with Crippen LogP contribution >= 0.6 is 0 Å². The Morgan fingerprint density at radius 1 is 0.956 bits per heavy atom. The van der Waals surface area contributed by atoms with Crippen molar-refractivity contribution >= 4 is 17.6 Å². The largest absolute Gasteiger partial charge is 0.492 e. The van der Waals surface area contributed by atoms with E-state index in [0.29, 0.717) is 18.2 Å². The molecule has 2 fully saturated rings. The van der Waals surface area contributed by atoms with Crippen molar-refractivity contribution in [3.8, 4) is 22.8 Å². The van der Waals surface area contributed by atoms with Crippen molar-refractivity contribution in [3.63, 3.8) is 0 Å². The Labute approximate surface area is 261 Å². The molecular weight excluding hydrogens is 572 g/mol. The van der Waals surface area contributed by atoms with E-state index in [1.54, 1.807) is 24.5 Å². The molecule has 0 unspecified atom stereocenters. The molecule has 4 aromatic rings. The molecule has 1 aliphatic heterocycles. The highest BCUT2D eigenvalue weighted by Gasteiger charge is 2.32. The second-order valence-electron chi connectivity index (χ2n) is 11.2. The van der Waals surface area contributed by atoms with Crippen LogP contribution in [-0.4, -0.2) is 88.8 Å². The molecule has 2 aromatic heterocycles. The van der Waals surface area contributed by atoms with Gasteiger partial charge in [0, 0.05) is 50.1 Å². The Kier molecular flexibility index (Phi) is 9.57. The quantitative estimate of drug-likeness (QED) is 0.222. The topological polar surface area (TPSA) is 128 Å². The number of ether oxygens (including phenoxy) is 2. The molecule has 0 bridgehead atoms. The van der Waals surface area contributed by atoms with Crippen LogP contribution in [0.5, 0.6) is 5.75 Å². The first-order valence-electron chi connectivity index (χ1n) is 15.3. The van der Waals surface area contributed by atoms with Gasteiger partial charge in [0.05, 0.1) is 24.5 Å². The monoisotopic (exact) mass is 608 g/mol. The molecular formula is C34H36N6O5. The predicted molar refractivity (Wildman–Crippen MR) is 167 cm³/mol. The highest BCUT2D eigenvalue weighted by Crippen LogP contribution is 2.21. The van der Waals surface area contributed by atoms with E-state index in [0.717, 1.165) is 62.5 Å². The molecule has 1 atom stereocenters. The van der Waals surface area contributed by atoms with E-state index >= 15 is 0 Å². The van der Waals surface area contributed by atoms with E-state index in [1.165, 1.54) is 4.68 Å². The summed E-state index contributed by atoms with van der Waals surface area (Å²) in [5, 5.41) is 10.2. The molecule has 11 nitrogen and oxygen atoms in total. The summed E-state index contributed by atoms with van der Waals surface area (Å²) in [7, 11) is 0. The van der Waals surface area contributed by atoms with Gasteiger partial charge in [0.25, 0.3) is 11.8 Å². The van der Waals surface area contributed by atoms with Crippen LogP contribution in [0.2, 0.25) is 0 Å². The first kappa shape index (κ1) is 30.2. The van der Waals surface area contributed by atoms with Gasteiger partial charge in [-0.15, -0.1) is 0 Å². The standard InChI is InChI=1S/C34H36N6O5/c41-31(34(43)36-26-10-11-26)30(23-24-8-12-27(13-9-24)45-22-19-39-17-20-44-21-18-39)37-33(42)28-7-4-15-35-32(28)40-16-14-29(38-40)25-5-2-1-3-6-25/h1-9,12-16,26,30H,10-11,17-23H2,(H,36,43)(H,37,42)/t30-/m1/s1. The molecule has 2 N–H and O–H groups in total. The van der Waals surface area contributed by atoms with Crippen LogP contribution < -0.4 is 15.4 Å². The van der Waals surface area contributed by atoms with Gasteiger partial charge in [0.2, 0.25) is 5.78 Å². The van der Waals surface area contributed by atoms with Crippen LogP contribution in [0.25, 0.3) is 17.1 Å². The number of nitrogens with zero attached hydrogens (tertiary/aromatic N) is 4. The number of nitrogens with one attached hydrogen (secondary N) is 2. The van der Waals surface area contributed by atoms with Gasteiger partial charge in [-0.1, -0.05) is 42.5 Å². The fraction of sp³-hybridized carbons (Fsp3) is 0.324. The van der Waals surface area contributed by atoms with Crippen molar-refractivity contribution in [2.45, 2.75) is 31.3 Å². The summed E-state index contributed by atoms with van der Waals surface area (Å²) in [6.07, 6.45) is 5.13. The van der Waals surface area contributed by atoms with Crippen LogP contribution in [0.15, 0.2) is 85.2 Å². The zero-order valence-electron chi connectivity index (χ0n) is 24.9. The Morgan fingerprint density at radius 3 is 2.49 bits per heavy atom. The third-order valence-electron chi connectivity index (χ3n) is 7.81. The fourth-order valence-corrected chi connectivity index (χ4v) is 5.12. The van der Waals surface area contributed by atoms with Crippen LogP contribution in [0, 0.1) is 0 Å². The molecule has 1 saturated carbocycles. The molecule has 6 rings (SSSR count). The number of ketones is 1. The van der Waals surface area contributed by atoms with Crippen molar-refractivity contribution in [2.75, 3.05) is 39.5 Å². The lowest BCUT2D eigenvalue weighted by Crippen LogP contribution is -2.49. The minimum atomic E-state index is -1.09. The van der Waals surface area contributed by atoms with Gasteiger partial charge >= 0.3 is 0 Å². The lowest BCUT2D eigenvalue weighted by atomic mass is 10.0. The summed E-state index contributed by atoms with van der Waals surface area (Å²) in [5.41, 5.74) is 2.66. The van der Waals surface area contributed by atoms with Crippen molar-refractivity contribution < 1.29 is 23.9 Å². The number of morpholine rings is 1. The summed E-state index contributed by atoms with van der Waals surface area (Å²) in [4.78, 5) is 46.5. The number of carbonyl (C=O) groups is 3. The first-order chi connectivity index (χ1) is 22.0. The number of rotatable bonds is 13. The number of hydrogen-bond acceptors (Lipinski definition) is 8. The molecule has 11 heteroatoms. The SMILES string of the molecule is O=C(NC1CC1)C(=O)[C@@H](Cc1ccc(OCCN2CCOCC2)cc1)NC(=O)c1cccnc1-n1ccc(-c2ccccc2)n1.